The summed E-state index contributed by atoms with van der Waals surface area (Å²) in [6.45, 7) is -4.70. The lowest BCUT2D eigenvalue weighted by atomic mass is 10.3. The first-order valence-corrected chi connectivity index (χ1v) is 21.0. The van der Waals surface area contributed by atoms with Crippen molar-refractivity contribution >= 4 is 151 Å². The molecule has 1 atom stereocenters. The molecule has 0 aliphatic carbocycles. The number of rotatable bonds is 6. The summed E-state index contributed by atoms with van der Waals surface area (Å²) in [4.78, 5) is -1.36. The van der Waals surface area contributed by atoms with E-state index in [0.717, 1.165) is 9.36 Å². The molecule has 25 heteroatoms. The van der Waals surface area contributed by atoms with Crippen molar-refractivity contribution in [2.45, 2.75) is 13.2 Å². The zero-order chi connectivity index (χ0) is 36.0. The first kappa shape index (κ1) is 40.1. The standard InChI is InChI=1S/C11H4BrCl4FN4O2S.C11H6BrCl4FN4OS/c12-11(16,17)24(22,23)9-7(3-18)20-21(10(9)19)8-5(14)1-4(13)2-6(8)15;12-23(16,22,4-17)10-8(3-18)20-21(11(10)19)9-6(14)1-5(13)2-7(9)15/h1-2H,19H2;1-2H,4,19H2. The van der Waals surface area contributed by atoms with Crippen molar-refractivity contribution < 1.29 is 21.4 Å². The summed E-state index contributed by atoms with van der Waals surface area (Å²) in [5.41, 5.74) is 10.6. The number of halogens is 12. The molecule has 0 aliphatic rings. The van der Waals surface area contributed by atoms with Gasteiger partial charge in [-0.1, -0.05) is 81.2 Å². The van der Waals surface area contributed by atoms with Crippen LogP contribution < -0.4 is 11.5 Å². The van der Waals surface area contributed by atoms with E-state index in [1.54, 1.807) is 6.07 Å². The number of nitrogen functional groups attached to an aromatic ring is 2. The van der Waals surface area contributed by atoms with Crippen LogP contribution in [0.15, 0.2) is 34.1 Å². The highest BCUT2D eigenvalue weighted by Crippen LogP contribution is 2.52. The Hall–Kier alpha value is -1.32. The van der Waals surface area contributed by atoms with Crippen LogP contribution in [0.4, 0.5) is 20.4 Å². The van der Waals surface area contributed by atoms with E-state index in [-0.39, 0.29) is 47.3 Å². The molecule has 47 heavy (non-hydrogen) atoms. The number of nitrogens with two attached hydrogens (primary N) is 2. The maximum absolute atomic E-state index is 13.8. The van der Waals surface area contributed by atoms with Gasteiger partial charge in [0.1, 0.15) is 40.0 Å². The van der Waals surface area contributed by atoms with Gasteiger partial charge in [0.25, 0.3) is 0 Å². The molecule has 4 rings (SSSR count). The third kappa shape index (κ3) is 7.87. The summed E-state index contributed by atoms with van der Waals surface area (Å²) in [5, 5.41) is 26.4. The molecule has 0 bridgehead atoms. The fourth-order valence-corrected chi connectivity index (χ4v) is 9.66. The maximum Gasteiger partial charge on any atom is 0.342 e. The predicted octanol–water partition coefficient (Wildman–Crippen LogP) is 9.13. The minimum Gasteiger partial charge on any atom is -0.383 e. The Morgan fingerprint density at radius 2 is 1.23 bits per heavy atom. The van der Waals surface area contributed by atoms with Crippen LogP contribution in [0, 0.1) is 22.7 Å². The van der Waals surface area contributed by atoms with Crippen LogP contribution in [-0.2, 0) is 16.5 Å². The normalized spacial score (nSPS) is 13.8. The molecule has 11 nitrogen and oxygen atoms in total. The Balaban J connectivity index is 0.000000256. The summed E-state index contributed by atoms with van der Waals surface area (Å²) < 4.78 is 62.4. The number of nitrogens with zero attached hydrogens (tertiary/aromatic N) is 6. The van der Waals surface area contributed by atoms with Crippen LogP contribution in [0.5, 0.6) is 0 Å². The average Bonchev–Trinajstić information content (AvgIpc) is 3.44. The van der Waals surface area contributed by atoms with Gasteiger partial charge in [-0.3, -0.25) is 4.21 Å². The lowest BCUT2D eigenvalue weighted by Crippen LogP contribution is -2.22. The van der Waals surface area contributed by atoms with Gasteiger partial charge in [0, 0.05) is 24.9 Å². The van der Waals surface area contributed by atoms with E-state index >= 15 is 0 Å². The summed E-state index contributed by atoms with van der Waals surface area (Å²) in [7, 11) is 0.921. The van der Waals surface area contributed by atoms with Gasteiger partial charge in [-0.15, -0.1) is 0 Å². The van der Waals surface area contributed by atoms with E-state index in [1.165, 1.54) is 30.3 Å². The first-order chi connectivity index (χ1) is 21.4. The Kier molecular flexibility index (Phi) is 12.1. The molecule has 252 valence electrons. The first-order valence-electron chi connectivity index (χ1n) is 11.3. The average molecular weight is 980 g/mol. The molecule has 0 spiro atoms. The summed E-state index contributed by atoms with van der Waals surface area (Å²) in [6, 6.07) is 7.02. The van der Waals surface area contributed by atoms with Crippen molar-refractivity contribution in [3.05, 3.63) is 65.8 Å². The minimum absolute atomic E-state index is 0.0219. The quantitative estimate of drug-likeness (QED) is 0.140. The van der Waals surface area contributed by atoms with E-state index in [2.05, 4.69) is 40.9 Å². The van der Waals surface area contributed by atoms with E-state index in [1.807, 2.05) is 0 Å². The van der Waals surface area contributed by atoms with Crippen molar-refractivity contribution in [1.29, 1.82) is 10.5 Å². The van der Waals surface area contributed by atoms with Crippen molar-refractivity contribution in [1.82, 2.24) is 19.6 Å². The van der Waals surface area contributed by atoms with Crippen molar-refractivity contribution in [2.75, 3.05) is 17.5 Å². The Labute approximate surface area is 319 Å². The molecular weight excluding hydrogens is 970 g/mol. The number of alkyl halides is 4. The second-order valence-electron chi connectivity index (χ2n) is 8.57. The molecule has 0 saturated carbocycles. The van der Waals surface area contributed by atoms with Crippen LogP contribution in [-0.4, -0.2) is 41.6 Å². The molecule has 2 heterocycles. The number of sulfone groups is 1. The third-order valence-corrected chi connectivity index (χ3v) is 14.2. The van der Waals surface area contributed by atoms with Gasteiger partial charge in [-0.25, -0.2) is 22.2 Å². The second kappa shape index (κ2) is 14.1. The monoisotopic (exact) mass is 974 g/mol. The molecule has 0 fully saturated rings. The number of benzene rings is 2. The molecule has 1 unspecified atom stereocenters. The van der Waals surface area contributed by atoms with Crippen molar-refractivity contribution in [3.8, 4) is 23.5 Å². The lowest BCUT2D eigenvalue weighted by Gasteiger charge is -2.24. The van der Waals surface area contributed by atoms with Crippen LogP contribution >= 0.6 is 123 Å². The van der Waals surface area contributed by atoms with Crippen molar-refractivity contribution in [2.24, 2.45) is 0 Å². The van der Waals surface area contributed by atoms with Gasteiger partial charge < -0.3 is 11.5 Å². The molecule has 0 amide bonds. The topological polar surface area (TPSA) is 186 Å². The summed E-state index contributed by atoms with van der Waals surface area (Å²) >= 11 is 45.8. The fraction of sp³-hybridized carbons (Fsp3) is 0.0909. The highest BCUT2D eigenvalue weighted by molar-refractivity contribution is 9.56. The Morgan fingerprint density at radius 3 is 1.57 bits per heavy atom. The number of nitriles is 2. The zero-order valence-electron chi connectivity index (χ0n) is 21.9. The number of hydrogen-bond acceptors (Lipinski definition) is 9. The third-order valence-electron chi connectivity index (χ3n) is 5.49. The van der Waals surface area contributed by atoms with E-state index in [9.17, 15) is 21.4 Å². The highest BCUT2D eigenvalue weighted by atomic mass is 79.9. The Bertz CT molecular complexity index is 2160. The molecule has 4 N–H and O–H groups in total. The van der Waals surface area contributed by atoms with Gasteiger partial charge >= 0.3 is 3.37 Å². The molecular formula is C22H10Br2Cl8F2N8O3S2. The molecule has 4 aromatic rings. The molecule has 0 aliphatic heterocycles. The van der Waals surface area contributed by atoms with Crippen LogP contribution in [0.1, 0.15) is 11.4 Å². The SMILES string of the molecule is N#Cc1nn(-c2c(Cl)cc(Cl)cc2Cl)c(N)c1S(=O)(=O)C(F)(Cl)Br.N#Cc1nn(-c2c(Cl)cc(Cl)cc2Cl)c(N)c1S(=O)(Cl)(Br)CF. The second-order valence-corrected chi connectivity index (χ2v) is 25.5. The largest absolute Gasteiger partial charge is 0.383 e. The molecule has 0 radical (unpaired) electrons. The van der Waals surface area contributed by atoms with Crippen LogP contribution in [0.3, 0.4) is 0 Å². The Morgan fingerprint density at radius 1 is 0.872 bits per heavy atom. The fourth-order valence-electron chi connectivity index (χ4n) is 3.61. The predicted molar refractivity (Wildman–Crippen MR) is 188 cm³/mol. The molecule has 2 aromatic carbocycles. The molecule has 2 aromatic heterocycles. The van der Waals surface area contributed by atoms with E-state index in [0.29, 0.717) is 0 Å². The van der Waals surface area contributed by atoms with E-state index < -0.39 is 52.9 Å². The minimum atomic E-state index is -4.90. The van der Waals surface area contributed by atoms with Crippen LogP contribution in [0.2, 0.25) is 30.1 Å². The van der Waals surface area contributed by atoms with Gasteiger partial charge in [-0.2, -0.15) is 25.1 Å². The van der Waals surface area contributed by atoms with Crippen molar-refractivity contribution in [3.63, 3.8) is 0 Å². The number of hydrogen-bond donors (Lipinski definition) is 2. The highest BCUT2D eigenvalue weighted by Gasteiger charge is 2.46. The van der Waals surface area contributed by atoms with Crippen LogP contribution in [0.25, 0.3) is 11.4 Å². The summed E-state index contributed by atoms with van der Waals surface area (Å²) in [6.07, 6.45) is 0. The molecule has 0 saturated heterocycles. The summed E-state index contributed by atoms with van der Waals surface area (Å²) in [5.74, 6) is -0.936. The van der Waals surface area contributed by atoms with Gasteiger partial charge in [0.2, 0.25) is 9.84 Å². The number of anilines is 2. The number of aromatic nitrogens is 4. The van der Waals surface area contributed by atoms with Gasteiger partial charge in [0.05, 0.1) is 26.8 Å². The van der Waals surface area contributed by atoms with Gasteiger partial charge in [-0.05, 0) is 50.9 Å². The zero-order valence-corrected chi connectivity index (χ0v) is 32.8. The smallest absolute Gasteiger partial charge is 0.342 e. The maximum atomic E-state index is 13.8. The van der Waals surface area contributed by atoms with Gasteiger partial charge in [0.15, 0.2) is 22.3 Å². The van der Waals surface area contributed by atoms with E-state index in [4.69, 9.17) is 114 Å². The lowest BCUT2D eigenvalue weighted by molar-refractivity contribution is 0.483.